The number of hydrogen-bond acceptors (Lipinski definition) is 7. The van der Waals surface area contributed by atoms with Gasteiger partial charge >= 0.3 is 0 Å². The van der Waals surface area contributed by atoms with Crippen LogP contribution in [0.3, 0.4) is 0 Å². The first-order valence-corrected chi connectivity index (χ1v) is 16.6. The van der Waals surface area contributed by atoms with E-state index in [-0.39, 0.29) is 31.1 Å². The van der Waals surface area contributed by atoms with Gasteiger partial charge in [-0.2, -0.15) is 0 Å². The Bertz CT molecular complexity index is 1410. The fourth-order valence-corrected chi connectivity index (χ4v) is 6.28. The summed E-state index contributed by atoms with van der Waals surface area (Å²) in [6.07, 6.45) is 6.68. The molecule has 2 saturated heterocycles. The average Bonchev–Trinajstić information content (AvgIpc) is 3.11. The fraction of sp³-hybridized carbons (Fsp3) is 0.459. The van der Waals surface area contributed by atoms with Gasteiger partial charge in [-0.15, -0.1) is 0 Å². The van der Waals surface area contributed by atoms with Crippen molar-refractivity contribution in [3.63, 3.8) is 0 Å². The zero-order valence-electron chi connectivity index (χ0n) is 26.5. The number of aliphatic hydroxyl groups is 1. The number of carbonyl (C=O) groups excluding carboxylic acids is 2. The van der Waals surface area contributed by atoms with E-state index in [0.29, 0.717) is 25.8 Å². The van der Waals surface area contributed by atoms with E-state index in [2.05, 4.69) is 52.7 Å². The molecule has 246 valence electrons. The number of benzene rings is 3. The summed E-state index contributed by atoms with van der Waals surface area (Å²) in [6.45, 7) is 3.56. The van der Waals surface area contributed by atoms with Crippen LogP contribution in [0.25, 0.3) is 11.1 Å². The van der Waals surface area contributed by atoms with Crippen molar-refractivity contribution in [2.24, 2.45) is 0 Å². The molecule has 2 fully saturated rings. The Hall–Kier alpha value is -3.60. The predicted octanol–water partition coefficient (Wildman–Crippen LogP) is 5.95. The molecule has 0 unspecified atom stereocenters. The van der Waals surface area contributed by atoms with Gasteiger partial charge in [0.25, 0.3) is 0 Å². The summed E-state index contributed by atoms with van der Waals surface area (Å²) in [5.74, 6) is -0.426. The highest BCUT2D eigenvalue weighted by Crippen LogP contribution is 2.39. The topological polar surface area (TPSA) is 120 Å². The molecular weight excluding hydrogens is 582 g/mol. The van der Waals surface area contributed by atoms with E-state index < -0.39 is 12.2 Å². The van der Waals surface area contributed by atoms with E-state index in [0.717, 1.165) is 65.9 Å². The van der Waals surface area contributed by atoms with Crippen molar-refractivity contribution in [3.05, 3.63) is 95.1 Å². The van der Waals surface area contributed by atoms with Crippen LogP contribution in [0.15, 0.2) is 72.8 Å². The van der Waals surface area contributed by atoms with Gasteiger partial charge in [-0.3, -0.25) is 14.8 Å². The normalized spacial score (nSPS) is 20.3. The third kappa shape index (κ3) is 9.95. The molecular formula is C37H47N3O6. The highest BCUT2D eigenvalue weighted by Gasteiger charge is 2.33. The van der Waals surface area contributed by atoms with E-state index in [9.17, 15) is 14.7 Å². The summed E-state index contributed by atoms with van der Waals surface area (Å²) in [7, 11) is 0. The first-order valence-electron chi connectivity index (χ1n) is 16.6. The van der Waals surface area contributed by atoms with E-state index in [1.165, 1.54) is 19.3 Å². The van der Waals surface area contributed by atoms with Crippen molar-refractivity contribution >= 4 is 11.8 Å². The lowest BCUT2D eigenvalue weighted by Crippen LogP contribution is -2.41. The predicted molar refractivity (Wildman–Crippen MR) is 175 cm³/mol. The number of unbranched alkanes of at least 4 members (excludes halogenated alkanes) is 2. The van der Waals surface area contributed by atoms with Crippen LogP contribution in [0.5, 0.6) is 0 Å². The zero-order valence-corrected chi connectivity index (χ0v) is 26.5. The van der Waals surface area contributed by atoms with Crippen LogP contribution < -0.4 is 10.8 Å². The van der Waals surface area contributed by atoms with Gasteiger partial charge in [0.1, 0.15) is 0 Å². The average molecular weight is 630 g/mol. The van der Waals surface area contributed by atoms with Gasteiger partial charge in [-0.25, -0.2) is 5.48 Å². The number of piperidine rings is 1. The van der Waals surface area contributed by atoms with E-state index in [1.54, 1.807) is 5.48 Å². The SMILES string of the molecule is O=C(CCCCCC(=O)NCc1cccc(-c2cccc([C@H]3O[C@@H](CN4CCCCC4)C[C@@H](c4ccc(CO)cc4)O3)c2)c1)NO. The molecule has 46 heavy (non-hydrogen) atoms. The number of hydrogen-bond donors (Lipinski definition) is 4. The molecule has 5 rings (SSSR count). The molecule has 0 radical (unpaired) electrons. The fourth-order valence-electron chi connectivity index (χ4n) is 6.28. The van der Waals surface area contributed by atoms with Gasteiger partial charge in [-0.1, -0.05) is 73.5 Å². The summed E-state index contributed by atoms with van der Waals surface area (Å²) >= 11 is 0. The summed E-state index contributed by atoms with van der Waals surface area (Å²) in [6, 6.07) is 24.5. The molecule has 0 aromatic heterocycles. The Kier molecular flexibility index (Phi) is 12.7. The molecule has 0 spiro atoms. The summed E-state index contributed by atoms with van der Waals surface area (Å²) < 4.78 is 13.2. The largest absolute Gasteiger partial charge is 0.392 e. The summed E-state index contributed by atoms with van der Waals surface area (Å²) in [5.41, 5.74) is 7.67. The second-order valence-electron chi connectivity index (χ2n) is 12.4. The molecule has 0 aliphatic carbocycles. The van der Waals surface area contributed by atoms with Crippen LogP contribution in [0.2, 0.25) is 0 Å². The number of amides is 2. The number of nitrogens with one attached hydrogen (secondary N) is 2. The Labute approximate surface area is 271 Å². The second kappa shape index (κ2) is 17.4. The minimum atomic E-state index is -0.508. The molecule has 2 aliphatic rings. The number of nitrogens with zero attached hydrogens (tertiary/aromatic N) is 1. The summed E-state index contributed by atoms with van der Waals surface area (Å²) in [4.78, 5) is 26.0. The molecule has 2 heterocycles. The number of carbonyl (C=O) groups is 2. The van der Waals surface area contributed by atoms with Crippen LogP contribution in [-0.4, -0.2) is 52.8 Å². The van der Waals surface area contributed by atoms with Crippen molar-refractivity contribution in [1.29, 1.82) is 0 Å². The molecule has 9 heteroatoms. The second-order valence-corrected chi connectivity index (χ2v) is 12.4. The van der Waals surface area contributed by atoms with Crippen molar-refractivity contribution in [3.8, 4) is 11.1 Å². The van der Waals surface area contributed by atoms with Crippen molar-refractivity contribution in [1.82, 2.24) is 15.7 Å². The lowest BCUT2D eigenvalue weighted by Gasteiger charge is -2.39. The first kappa shape index (κ1) is 33.8. The van der Waals surface area contributed by atoms with Gasteiger partial charge in [0, 0.05) is 37.9 Å². The minimum absolute atomic E-state index is 0.0184. The van der Waals surface area contributed by atoms with E-state index in [1.807, 2.05) is 30.3 Å². The molecule has 2 aliphatic heterocycles. The maximum absolute atomic E-state index is 12.4. The van der Waals surface area contributed by atoms with Gasteiger partial charge in [0.15, 0.2) is 6.29 Å². The molecule has 0 saturated carbocycles. The van der Waals surface area contributed by atoms with Crippen LogP contribution in [0.4, 0.5) is 0 Å². The van der Waals surface area contributed by atoms with Crippen molar-refractivity contribution in [2.75, 3.05) is 19.6 Å². The molecule has 2 amide bonds. The van der Waals surface area contributed by atoms with Crippen molar-refractivity contribution < 1.29 is 29.4 Å². The van der Waals surface area contributed by atoms with Crippen molar-refractivity contribution in [2.45, 2.75) is 89.4 Å². The monoisotopic (exact) mass is 629 g/mol. The number of rotatable bonds is 14. The maximum Gasteiger partial charge on any atom is 0.243 e. The highest BCUT2D eigenvalue weighted by atomic mass is 16.7. The van der Waals surface area contributed by atoms with Crippen LogP contribution in [0, 0.1) is 0 Å². The first-order chi connectivity index (χ1) is 22.5. The Morgan fingerprint density at radius 3 is 2.24 bits per heavy atom. The highest BCUT2D eigenvalue weighted by molar-refractivity contribution is 5.76. The Morgan fingerprint density at radius 2 is 1.50 bits per heavy atom. The molecule has 3 aromatic carbocycles. The van der Waals surface area contributed by atoms with Gasteiger partial charge in [0.2, 0.25) is 11.8 Å². The Morgan fingerprint density at radius 1 is 0.783 bits per heavy atom. The van der Waals surface area contributed by atoms with Crippen LogP contribution in [-0.2, 0) is 32.2 Å². The maximum atomic E-state index is 12.4. The Balaban J connectivity index is 1.23. The van der Waals surface area contributed by atoms with Gasteiger partial charge in [-0.05, 0) is 78.7 Å². The summed E-state index contributed by atoms with van der Waals surface area (Å²) in [5, 5.41) is 21.1. The molecule has 0 bridgehead atoms. The molecule has 3 atom stereocenters. The number of aliphatic hydroxyl groups excluding tert-OH is 1. The number of likely N-dealkylation sites (tertiary alicyclic amines) is 1. The van der Waals surface area contributed by atoms with Crippen LogP contribution >= 0.6 is 0 Å². The standard InChI is InChI=1S/C37H47N3O6/c41-26-27-15-17-29(18-16-27)34-23-33(25-40-19-5-2-6-20-40)45-37(46-34)32-12-8-11-31(22-32)30-10-7-9-28(21-30)24-38-35(42)13-3-1-4-14-36(43)39-44/h7-12,15-18,21-22,33-34,37,41,44H,1-6,13-14,19-20,23-26H2,(H,38,42)(H,39,43)/t33-,34+,37+/m1/s1. The number of ether oxygens (including phenoxy) is 2. The molecule has 9 nitrogen and oxygen atoms in total. The van der Waals surface area contributed by atoms with Gasteiger partial charge < -0.3 is 24.8 Å². The molecule has 4 N–H and O–H groups in total. The lowest BCUT2D eigenvalue weighted by atomic mass is 9.98. The third-order valence-corrected chi connectivity index (χ3v) is 8.87. The quantitative estimate of drug-likeness (QED) is 0.0989. The third-order valence-electron chi connectivity index (χ3n) is 8.87. The smallest absolute Gasteiger partial charge is 0.243 e. The van der Waals surface area contributed by atoms with Gasteiger partial charge in [0.05, 0.1) is 18.8 Å². The van der Waals surface area contributed by atoms with E-state index >= 15 is 0 Å². The zero-order chi connectivity index (χ0) is 32.1. The van der Waals surface area contributed by atoms with E-state index in [4.69, 9.17) is 14.7 Å². The molecule has 3 aromatic rings. The lowest BCUT2D eigenvalue weighted by molar-refractivity contribution is -0.253. The van der Waals surface area contributed by atoms with Crippen LogP contribution in [0.1, 0.15) is 92.4 Å². The minimum Gasteiger partial charge on any atom is -0.392 e. The number of hydroxylamine groups is 1.